The van der Waals surface area contributed by atoms with E-state index in [9.17, 15) is 15.3 Å². The summed E-state index contributed by atoms with van der Waals surface area (Å²) in [4.78, 5) is 0. The van der Waals surface area contributed by atoms with Gasteiger partial charge in [-0.3, -0.25) is 0 Å². The lowest BCUT2D eigenvalue weighted by molar-refractivity contribution is -0.310. The fourth-order valence-corrected chi connectivity index (χ4v) is 5.29. The number of aliphatic hydroxyl groups is 3. The second-order valence-electron chi connectivity index (χ2n) is 9.77. The third-order valence-corrected chi connectivity index (χ3v) is 7.28. The van der Waals surface area contributed by atoms with E-state index < -0.39 is 85.1 Å². The lowest BCUT2D eigenvalue weighted by Crippen LogP contribution is -2.69. The van der Waals surface area contributed by atoms with Crippen LogP contribution >= 0.6 is 0 Å². The van der Waals surface area contributed by atoms with Crippen LogP contribution in [0.15, 0.2) is 0 Å². The molecule has 198 valence electrons. The number of likely N-dealkylation sites (N-methyl/N-ethyl adjacent to an activating group) is 1. The van der Waals surface area contributed by atoms with Crippen molar-refractivity contribution in [2.24, 2.45) is 22.9 Å². The number of hydrogen-bond acceptors (Lipinski definition) is 14. The molecule has 14 atom stereocenters. The molecule has 0 amide bonds. The van der Waals surface area contributed by atoms with E-state index in [2.05, 4.69) is 5.32 Å². The number of fused-ring (bicyclic) bond motifs is 1. The van der Waals surface area contributed by atoms with E-state index in [1.165, 1.54) is 0 Å². The minimum atomic E-state index is -1.32. The summed E-state index contributed by atoms with van der Waals surface area (Å²) in [6.45, 7) is 1.70. The molecule has 0 aromatic rings. The molecule has 14 heteroatoms. The highest BCUT2D eigenvalue weighted by molar-refractivity contribution is 5.03. The number of aliphatic hydroxyl groups excluding tert-OH is 2. The van der Waals surface area contributed by atoms with Gasteiger partial charge >= 0.3 is 0 Å². The molecule has 0 spiro atoms. The Morgan fingerprint density at radius 3 is 2.38 bits per heavy atom. The Hall–Kier alpha value is -0.560. The average Bonchev–Trinajstić information content (AvgIpc) is 3.28. The molecule has 34 heavy (non-hydrogen) atoms. The predicted octanol–water partition coefficient (Wildman–Crippen LogP) is -5.02. The van der Waals surface area contributed by atoms with Gasteiger partial charge in [0.25, 0.3) is 0 Å². The molecule has 0 aromatic heterocycles. The first kappa shape index (κ1) is 26.5. The Morgan fingerprint density at radius 1 is 1.00 bits per heavy atom. The standard InChI is InChI=1S/C20H39N5O9/c1-20(28)5-29-19(13(27)17(20)25-2)34-15-10(23)7(22)3-8(12(15)26)32-18-11(24)16-14(30-6-31-16)9(4-21)33-18/h7-19,25-28H,3-6,21-24H2,1-2H3/t7-,8-,9-,10-,11-,12+,13-,14?,15+,16?,17-,18+,19-,20+/m1/s1. The van der Waals surface area contributed by atoms with Gasteiger partial charge in [-0.15, -0.1) is 0 Å². The molecular formula is C20H39N5O9. The molecule has 1 aliphatic carbocycles. The van der Waals surface area contributed by atoms with E-state index in [1.54, 1.807) is 14.0 Å². The smallest absolute Gasteiger partial charge is 0.185 e. The van der Waals surface area contributed by atoms with Crippen molar-refractivity contribution in [2.45, 2.75) is 98.4 Å². The van der Waals surface area contributed by atoms with Crippen LogP contribution in [0.2, 0.25) is 0 Å². The third kappa shape index (κ3) is 4.86. The van der Waals surface area contributed by atoms with Gasteiger partial charge in [0.15, 0.2) is 12.6 Å². The highest BCUT2D eigenvalue weighted by Gasteiger charge is 2.53. The van der Waals surface area contributed by atoms with Gasteiger partial charge < -0.3 is 72.0 Å². The minimum absolute atomic E-state index is 0.0848. The zero-order chi connectivity index (χ0) is 24.8. The molecule has 2 unspecified atom stereocenters. The van der Waals surface area contributed by atoms with Crippen molar-refractivity contribution in [2.75, 3.05) is 27.0 Å². The second-order valence-corrected chi connectivity index (χ2v) is 9.77. The molecule has 4 rings (SSSR count). The Bertz CT molecular complexity index is 693. The van der Waals surface area contributed by atoms with Crippen LogP contribution < -0.4 is 28.3 Å². The van der Waals surface area contributed by atoms with Gasteiger partial charge in [0, 0.05) is 18.6 Å². The van der Waals surface area contributed by atoms with Gasteiger partial charge in [-0.05, 0) is 20.4 Å². The molecule has 3 heterocycles. The van der Waals surface area contributed by atoms with E-state index in [-0.39, 0.29) is 26.4 Å². The summed E-state index contributed by atoms with van der Waals surface area (Å²) in [5.74, 6) is 0. The molecule has 4 aliphatic rings. The number of rotatable bonds is 6. The van der Waals surface area contributed by atoms with Gasteiger partial charge in [-0.1, -0.05) is 0 Å². The number of nitrogens with two attached hydrogens (primary N) is 4. The van der Waals surface area contributed by atoms with Gasteiger partial charge in [-0.2, -0.15) is 0 Å². The predicted molar refractivity (Wildman–Crippen MR) is 116 cm³/mol. The SMILES string of the molecule is CN[C@@H]1[C@@H](O)[C@@H](O[C@H]2[C@H](N)[C@H](N)C[C@@H](O[C@H]3O[C@H](CN)C4OCOC4[C@H]3N)[C@@H]2O)OC[C@]1(C)O. The van der Waals surface area contributed by atoms with Crippen LogP contribution in [0, 0.1) is 0 Å². The van der Waals surface area contributed by atoms with Crippen molar-refractivity contribution in [3.05, 3.63) is 0 Å². The second kappa shape index (κ2) is 10.4. The summed E-state index contributed by atoms with van der Waals surface area (Å²) in [5.41, 5.74) is 23.3. The molecule has 0 radical (unpaired) electrons. The zero-order valence-electron chi connectivity index (χ0n) is 19.4. The Balaban J connectivity index is 1.45. The summed E-state index contributed by atoms with van der Waals surface area (Å²) in [6.07, 6.45) is -7.55. The molecular weight excluding hydrogens is 454 g/mol. The van der Waals surface area contributed by atoms with Crippen molar-refractivity contribution in [3.63, 3.8) is 0 Å². The zero-order valence-corrected chi connectivity index (χ0v) is 19.4. The van der Waals surface area contributed by atoms with Gasteiger partial charge in [-0.25, -0.2) is 0 Å². The van der Waals surface area contributed by atoms with Crippen molar-refractivity contribution < 1.29 is 43.7 Å². The Kier molecular flexibility index (Phi) is 8.13. The number of ether oxygens (including phenoxy) is 6. The summed E-state index contributed by atoms with van der Waals surface area (Å²) in [6, 6.07) is -2.77. The van der Waals surface area contributed by atoms with E-state index >= 15 is 0 Å². The third-order valence-electron chi connectivity index (χ3n) is 7.28. The van der Waals surface area contributed by atoms with Crippen molar-refractivity contribution in [3.8, 4) is 0 Å². The normalized spacial score (nSPS) is 54.1. The van der Waals surface area contributed by atoms with Crippen LogP contribution in [0.5, 0.6) is 0 Å². The fraction of sp³-hybridized carbons (Fsp3) is 1.00. The van der Waals surface area contributed by atoms with Crippen molar-refractivity contribution >= 4 is 0 Å². The molecule has 12 N–H and O–H groups in total. The molecule has 3 saturated heterocycles. The first-order valence-corrected chi connectivity index (χ1v) is 11.6. The van der Waals surface area contributed by atoms with Crippen LogP contribution in [0.25, 0.3) is 0 Å². The monoisotopic (exact) mass is 493 g/mol. The molecule has 4 fully saturated rings. The first-order valence-electron chi connectivity index (χ1n) is 11.6. The van der Waals surface area contributed by atoms with E-state index in [1.807, 2.05) is 0 Å². The highest BCUT2D eigenvalue weighted by atomic mass is 16.8. The van der Waals surface area contributed by atoms with Crippen molar-refractivity contribution in [1.29, 1.82) is 0 Å². The fourth-order valence-electron chi connectivity index (χ4n) is 5.29. The van der Waals surface area contributed by atoms with E-state index in [0.717, 1.165) is 0 Å². The summed E-state index contributed by atoms with van der Waals surface area (Å²) in [5, 5.41) is 35.2. The minimum Gasteiger partial charge on any atom is -0.388 e. The van der Waals surface area contributed by atoms with Crippen LogP contribution in [0.3, 0.4) is 0 Å². The summed E-state index contributed by atoms with van der Waals surface area (Å²) in [7, 11) is 1.61. The van der Waals surface area contributed by atoms with E-state index in [4.69, 9.17) is 51.4 Å². The molecule has 14 nitrogen and oxygen atoms in total. The molecule has 3 aliphatic heterocycles. The maximum Gasteiger partial charge on any atom is 0.185 e. The summed E-state index contributed by atoms with van der Waals surface area (Å²) >= 11 is 0. The average molecular weight is 494 g/mol. The first-order chi connectivity index (χ1) is 16.1. The largest absolute Gasteiger partial charge is 0.388 e. The van der Waals surface area contributed by atoms with Crippen LogP contribution in [0.4, 0.5) is 0 Å². The van der Waals surface area contributed by atoms with Gasteiger partial charge in [0.2, 0.25) is 0 Å². The maximum absolute atomic E-state index is 11.1. The van der Waals surface area contributed by atoms with Crippen LogP contribution in [-0.2, 0) is 28.4 Å². The van der Waals surface area contributed by atoms with Gasteiger partial charge in [0.05, 0.1) is 24.8 Å². The van der Waals surface area contributed by atoms with Crippen LogP contribution in [-0.4, -0.2) is 127 Å². The topological polar surface area (TPSA) is 232 Å². The molecule has 0 bridgehead atoms. The van der Waals surface area contributed by atoms with Crippen molar-refractivity contribution in [1.82, 2.24) is 5.32 Å². The quantitative estimate of drug-likeness (QED) is 0.173. The molecule has 0 aromatic carbocycles. The summed E-state index contributed by atoms with van der Waals surface area (Å²) < 4.78 is 34.6. The number of nitrogens with one attached hydrogen (secondary N) is 1. The number of hydrogen-bond donors (Lipinski definition) is 8. The Labute approximate surface area is 198 Å². The van der Waals surface area contributed by atoms with E-state index in [0.29, 0.717) is 0 Å². The Morgan fingerprint density at radius 2 is 1.71 bits per heavy atom. The molecule has 1 saturated carbocycles. The maximum atomic E-state index is 11.1. The lowest BCUT2D eigenvalue weighted by Gasteiger charge is -2.48. The van der Waals surface area contributed by atoms with Crippen LogP contribution in [0.1, 0.15) is 13.3 Å². The van der Waals surface area contributed by atoms with Gasteiger partial charge in [0.1, 0.15) is 49.0 Å². The lowest BCUT2D eigenvalue weighted by atomic mass is 9.84. The highest BCUT2D eigenvalue weighted by Crippen LogP contribution is 2.33.